The summed E-state index contributed by atoms with van der Waals surface area (Å²) in [5.41, 5.74) is -0.206. The molecular formula is C10H19NO2. The lowest BCUT2D eigenvalue weighted by molar-refractivity contribution is -0.132. The molecule has 0 fully saturated rings. The fraction of sp³-hybridized carbons (Fsp3) is 0.800. The van der Waals surface area contributed by atoms with Crippen molar-refractivity contribution in [3.05, 3.63) is 0 Å². The molecule has 0 aliphatic heterocycles. The van der Waals surface area contributed by atoms with E-state index in [1.54, 1.807) is 11.9 Å². The molecule has 0 atom stereocenters. The Bertz CT molecular complexity index is 187. The Hall–Kier alpha value is -0.860. The maximum Gasteiger partial charge on any atom is 0.222 e. The second kappa shape index (κ2) is 5.00. The Morgan fingerprint density at radius 1 is 1.46 bits per heavy atom. The van der Waals surface area contributed by atoms with Crippen LogP contribution in [0.5, 0.6) is 0 Å². The van der Waals surface area contributed by atoms with Crippen LogP contribution in [0.2, 0.25) is 0 Å². The number of carbonyl (C=O) groups is 2. The standard InChI is InChI=1S/C10H19NO2/c1-5-11(4)9(13)8-10(2,3)6-7-12/h7H,5-6,8H2,1-4H3. The Morgan fingerprint density at radius 3 is 2.38 bits per heavy atom. The van der Waals surface area contributed by atoms with Crippen LogP contribution in [0.25, 0.3) is 0 Å². The zero-order valence-corrected chi connectivity index (χ0v) is 8.96. The van der Waals surface area contributed by atoms with Gasteiger partial charge in [0.15, 0.2) is 0 Å². The third kappa shape index (κ3) is 4.65. The summed E-state index contributed by atoms with van der Waals surface area (Å²) >= 11 is 0. The van der Waals surface area contributed by atoms with Gasteiger partial charge in [-0.3, -0.25) is 4.79 Å². The number of rotatable bonds is 5. The number of carbonyl (C=O) groups excluding carboxylic acids is 2. The molecule has 0 saturated carbocycles. The average Bonchev–Trinajstić information content (AvgIpc) is 2.01. The first kappa shape index (κ1) is 12.1. The van der Waals surface area contributed by atoms with Gasteiger partial charge in [0.1, 0.15) is 6.29 Å². The van der Waals surface area contributed by atoms with Crippen LogP contribution in [0, 0.1) is 5.41 Å². The second-order valence-corrected chi connectivity index (χ2v) is 4.12. The number of nitrogens with zero attached hydrogens (tertiary/aromatic N) is 1. The fourth-order valence-electron chi connectivity index (χ4n) is 1.02. The van der Waals surface area contributed by atoms with E-state index in [0.29, 0.717) is 12.8 Å². The molecule has 0 aromatic heterocycles. The summed E-state index contributed by atoms with van der Waals surface area (Å²) in [6.07, 6.45) is 1.76. The predicted molar refractivity (Wildman–Crippen MR) is 52.4 cm³/mol. The fourth-order valence-corrected chi connectivity index (χ4v) is 1.02. The molecule has 0 saturated heterocycles. The smallest absolute Gasteiger partial charge is 0.222 e. The molecular weight excluding hydrogens is 166 g/mol. The zero-order chi connectivity index (χ0) is 10.5. The maximum absolute atomic E-state index is 11.5. The van der Waals surface area contributed by atoms with E-state index in [2.05, 4.69) is 0 Å². The van der Waals surface area contributed by atoms with Crippen molar-refractivity contribution in [1.29, 1.82) is 0 Å². The highest BCUT2D eigenvalue weighted by Crippen LogP contribution is 2.24. The van der Waals surface area contributed by atoms with Gasteiger partial charge in [-0.05, 0) is 12.3 Å². The van der Waals surface area contributed by atoms with Crippen LogP contribution < -0.4 is 0 Å². The lowest BCUT2D eigenvalue weighted by atomic mass is 9.86. The van der Waals surface area contributed by atoms with Crippen LogP contribution in [0.15, 0.2) is 0 Å². The van der Waals surface area contributed by atoms with Gasteiger partial charge in [-0.2, -0.15) is 0 Å². The molecule has 1 amide bonds. The molecule has 0 aromatic rings. The van der Waals surface area contributed by atoms with Crippen molar-refractivity contribution in [2.75, 3.05) is 13.6 Å². The molecule has 76 valence electrons. The van der Waals surface area contributed by atoms with Gasteiger partial charge in [-0.15, -0.1) is 0 Å². The minimum atomic E-state index is -0.206. The van der Waals surface area contributed by atoms with Crippen LogP contribution >= 0.6 is 0 Å². The molecule has 0 aliphatic rings. The minimum Gasteiger partial charge on any atom is -0.346 e. The van der Waals surface area contributed by atoms with E-state index in [4.69, 9.17) is 0 Å². The number of aldehydes is 1. The summed E-state index contributed by atoms with van der Waals surface area (Å²) in [4.78, 5) is 23.5. The first-order valence-corrected chi connectivity index (χ1v) is 4.60. The van der Waals surface area contributed by atoms with Gasteiger partial charge in [0, 0.05) is 26.4 Å². The molecule has 0 aliphatic carbocycles. The third-order valence-electron chi connectivity index (χ3n) is 2.17. The van der Waals surface area contributed by atoms with E-state index in [-0.39, 0.29) is 11.3 Å². The topological polar surface area (TPSA) is 37.4 Å². The quantitative estimate of drug-likeness (QED) is 0.608. The monoisotopic (exact) mass is 185 g/mol. The van der Waals surface area contributed by atoms with Crippen molar-refractivity contribution in [1.82, 2.24) is 4.90 Å². The Labute approximate surface area is 80.1 Å². The molecule has 3 heteroatoms. The number of amides is 1. The van der Waals surface area contributed by atoms with Gasteiger partial charge in [0.2, 0.25) is 5.91 Å². The Balaban J connectivity index is 4.10. The van der Waals surface area contributed by atoms with Gasteiger partial charge >= 0.3 is 0 Å². The lowest BCUT2D eigenvalue weighted by Gasteiger charge is -2.24. The highest BCUT2D eigenvalue weighted by molar-refractivity contribution is 5.76. The average molecular weight is 185 g/mol. The number of hydrogen-bond donors (Lipinski definition) is 0. The largest absolute Gasteiger partial charge is 0.346 e. The van der Waals surface area contributed by atoms with Gasteiger partial charge in [0.05, 0.1) is 0 Å². The SMILES string of the molecule is CCN(C)C(=O)CC(C)(C)CC=O. The molecule has 3 nitrogen and oxygen atoms in total. The van der Waals surface area contributed by atoms with E-state index in [1.165, 1.54) is 0 Å². The van der Waals surface area contributed by atoms with Crippen molar-refractivity contribution in [2.45, 2.75) is 33.6 Å². The Morgan fingerprint density at radius 2 is 2.00 bits per heavy atom. The van der Waals surface area contributed by atoms with Gasteiger partial charge in [-0.25, -0.2) is 0 Å². The Kier molecular flexibility index (Phi) is 4.67. The zero-order valence-electron chi connectivity index (χ0n) is 8.96. The van der Waals surface area contributed by atoms with Crippen molar-refractivity contribution in [3.63, 3.8) is 0 Å². The summed E-state index contributed by atoms with van der Waals surface area (Å²) in [5, 5.41) is 0. The molecule has 0 N–H and O–H groups in total. The van der Waals surface area contributed by atoms with E-state index < -0.39 is 0 Å². The van der Waals surface area contributed by atoms with E-state index >= 15 is 0 Å². The highest BCUT2D eigenvalue weighted by Gasteiger charge is 2.22. The molecule has 0 heterocycles. The van der Waals surface area contributed by atoms with Gasteiger partial charge < -0.3 is 9.69 Å². The molecule has 0 aromatic carbocycles. The number of hydrogen-bond acceptors (Lipinski definition) is 2. The maximum atomic E-state index is 11.5. The van der Waals surface area contributed by atoms with Crippen LogP contribution in [0.3, 0.4) is 0 Å². The van der Waals surface area contributed by atoms with Crippen LogP contribution in [0.4, 0.5) is 0 Å². The molecule has 0 rings (SSSR count). The summed E-state index contributed by atoms with van der Waals surface area (Å²) in [6, 6.07) is 0. The molecule has 0 spiro atoms. The normalized spacial score (nSPS) is 11.1. The van der Waals surface area contributed by atoms with Crippen LogP contribution in [-0.4, -0.2) is 30.7 Å². The molecule has 0 bridgehead atoms. The predicted octanol–water partition coefficient (Wildman–Crippen LogP) is 1.47. The second-order valence-electron chi connectivity index (χ2n) is 4.12. The summed E-state index contributed by atoms with van der Waals surface area (Å²) in [5.74, 6) is 0.106. The van der Waals surface area contributed by atoms with Crippen molar-refractivity contribution >= 4 is 12.2 Å². The van der Waals surface area contributed by atoms with Gasteiger partial charge in [0.25, 0.3) is 0 Å². The first-order valence-electron chi connectivity index (χ1n) is 4.60. The molecule has 0 unspecified atom stereocenters. The molecule has 0 radical (unpaired) electrons. The molecule has 13 heavy (non-hydrogen) atoms. The van der Waals surface area contributed by atoms with Crippen molar-refractivity contribution < 1.29 is 9.59 Å². The summed E-state index contributed by atoms with van der Waals surface area (Å²) < 4.78 is 0. The van der Waals surface area contributed by atoms with Gasteiger partial charge in [-0.1, -0.05) is 13.8 Å². The van der Waals surface area contributed by atoms with E-state index in [1.807, 2.05) is 20.8 Å². The lowest BCUT2D eigenvalue weighted by Crippen LogP contribution is -2.30. The summed E-state index contributed by atoms with van der Waals surface area (Å²) in [6.45, 7) is 6.52. The van der Waals surface area contributed by atoms with E-state index in [9.17, 15) is 9.59 Å². The van der Waals surface area contributed by atoms with Crippen LogP contribution in [-0.2, 0) is 9.59 Å². The summed E-state index contributed by atoms with van der Waals surface area (Å²) in [7, 11) is 1.78. The van der Waals surface area contributed by atoms with Crippen LogP contribution in [0.1, 0.15) is 33.6 Å². The van der Waals surface area contributed by atoms with E-state index in [0.717, 1.165) is 12.8 Å². The van der Waals surface area contributed by atoms with Crippen molar-refractivity contribution in [3.8, 4) is 0 Å². The third-order valence-corrected chi connectivity index (χ3v) is 2.17. The minimum absolute atomic E-state index is 0.106. The van der Waals surface area contributed by atoms with Crippen molar-refractivity contribution in [2.24, 2.45) is 5.41 Å². The first-order chi connectivity index (χ1) is 5.93. The highest BCUT2D eigenvalue weighted by atomic mass is 16.2.